The van der Waals surface area contributed by atoms with Gasteiger partial charge in [-0.2, -0.15) is 0 Å². The Kier molecular flexibility index (Phi) is 3.68. The highest BCUT2D eigenvalue weighted by atomic mass is 16.5. The van der Waals surface area contributed by atoms with Crippen LogP contribution < -0.4 is 0 Å². The minimum Gasteiger partial charge on any atom is -0.481 e. The molecule has 0 saturated carbocycles. The van der Waals surface area contributed by atoms with Crippen LogP contribution in [0.4, 0.5) is 0 Å². The van der Waals surface area contributed by atoms with Gasteiger partial charge >= 0.3 is 5.97 Å². The topological polar surface area (TPSA) is 66.8 Å². The van der Waals surface area contributed by atoms with E-state index >= 15 is 0 Å². The predicted molar refractivity (Wildman–Crippen MR) is 80.8 cm³/mol. The van der Waals surface area contributed by atoms with Crippen molar-refractivity contribution in [3.05, 3.63) is 34.9 Å². The number of carboxylic acids is 1. The molecule has 22 heavy (non-hydrogen) atoms. The number of aliphatic carboxylic acids is 1. The van der Waals surface area contributed by atoms with Gasteiger partial charge in [0.2, 0.25) is 0 Å². The standard InChI is InChI=1S/C17H21NO4/c1-11-3-4-13(7-12(11)2)15(19)18-8-14-9-22-6-5-17(14,10-18)16(20)21/h3-4,7,14H,5-6,8-10H2,1-2H3,(H,20,21)/t14-,17+/m0/s1. The molecule has 2 saturated heterocycles. The van der Waals surface area contributed by atoms with E-state index in [9.17, 15) is 14.7 Å². The fourth-order valence-electron chi connectivity index (χ4n) is 3.51. The van der Waals surface area contributed by atoms with Gasteiger partial charge in [0.1, 0.15) is 0 Å². The fraction of sp³-hybridized carbons (Fsp3) is 0.529. The number of ether oxygens (including phenoxy) is 1. The van der Waals surface area contributed by atoms with Gasteiger partial charge in [-0.1, -0.05) is 6.07 Å². The summed E-state index contributed by atoms with van der Waals surface area (Å²) in [6, 6.07) is 5.63. The van der Waals surface area contributed by atoms with E-state index in [2.05, 4.69) is 0 Å². The summed E-state index contributed by atoms with van der Waals surface area (Å²) in [5, 5.41) is 9.66. The van der Waals surface area contributed by atoms with E-state index in [0.29, 0.717) is 31.7 Å². The molecule has 3 rings (SSSR count). The Morgan fingerprint density at radius 2 is 2.09 bits per heavy atom. The average Bonchev–Trinajstić information content (AvgIpc) is 2.90. The Balaban J connectivity index is 1.85. The number of carbonyl (C=O) groups is 2. The summed E-state index contributed by atoms with van der Waals surface area (Å²) in [6.07, 6.45) is 0.476. The van der Waals surface area contributed by atoms with Crippen LogP contribution in [0.2, 0.25) is 0 Å². The van der Waals surface area contributed by atoms with Crippen molar-refractivity contribution in [1.82, 2.24) is 4.90 Å². The van der Waals surface area contributed by atoms with E-state index in [1.165, 1.54) is 0 Å². The second-order valence-electron chi connectivity index (χ2n) is 6.47. The number of hydrogen-bond acceptors (Lipinski definition) is 3. The third-order valence-electron chi connectivity index (χ3n) is 5.17. The van der Waals surface area contributed by atoms with Crippen molar-refractivity contribution in [2.75, 3.05) is 26.3 Å². The molecule has 1 amide bonds. The molecular formula is C17H21NO4. The molecular weight excluding hydrogens is 282 g/mol. The van der Waals surface area contributed by atoms with Gasteiger partial charge in [-0.15, -0.1) is 0 Å². The highest BCUT2D eigenvalue weighted by Gasteiger charge is 2.54. The number of rotatable bonds is 2. The first-order chi connectivity index (χ1) is 10.4. The second-order valence-corrected chi connectivity index (χ2v) is 6.47. The SMILES string of the molecule is Cc1ccc(C(=O)N2C[C@H]3COCC[C@@]3(C(=O)O)C2)cc1C. The molecule has 2 atom stereocenters. The van der Waals surface area contributed by atoms with Crippen molar-refractivity contribution in [2.45, 2.75) is 20.3 Å². The molecule has 5 nitrogen and oxygen atoms in total. The molecule has 2 fully saturated rings. The Hall–Kier alpha value is -1.88. The predicted octanol–water partition coefficient (Wildman–Crippen LogP) is 1.87. The number of fused-ring (bicyclic) bond motifs is 1. The molecule has 2 aliphatic heterocycles. The van der Waals surface area contributed by atoms with Crippen LogP contribution in [-0.2, 0) is 9.53 Å². The Morgan fingerprint density at radius 3 is 2.73 bits per heavy atom. The molecule has 5 heteroatoms. The first-order valence-corrected chi connectivity index (χ1v) is 7.62. The molecule has 118 valence electrons. The molecule has 0 aliphatic carbocycles. The number of likely N-dealkylation sites (tertiary alicyclic amines) is 1. The normalized spacial score (nSPS) is 27.5. The third-order valence-corrected chi connectivity index (χ3v) is 5.17. The van der Waals surface area contributed by atoms with Crippen LogP contribution in [0.5, 0.6) is 0 Å². The summed E-state index contributed by atoms with van der Waals surface area (Å²) in [6.45, 7) is 5.59. The van der Waals surface area contributed by atoms with Crippen molar-refractivity contribution in [3.63, 3.8) is 0 Å². The lowest BCUT2D eigenvalue weighted by molar-refractivity contribution is -0.157. The van der Waals surface area contributed by atoms with Crippen LogP contribution in [-0.4, -0.2) is 48.2 Å². The number of carboxylic acid groups (broad SMARTS) is 1. The molecule has 0 bridgehead atoms. The highest BCUT2D eigenvalue weighted by molar-refractivity contribution is 5.95. The van der Waals surface area contributed by atoms with E-state index in [-0.39, 0.29) is 18.4 Å². The summed E-state index contributed by atoms with van der Waals surface area (Å²) in [5.74, 6) is -1.01. The minimum absolute atomic E-state index is 0.0851. The van der Waals surface area contributed by atoms with Gasteiger partial charge in [0, 0.05) is 31.2 Å². The van der Waals surface area contributed by atoms with Crippen molar-refractivity contribution in [2.24, 2.45) is 11.3 Å². The van der Waals surface area contributed by atoms with Gasteiger partial charge < -0.3 is 14.7 Å². The highest BCUT2D eigenvalue weighted by Crippen LogP contribution is 2.42. The summed E-state index contributed by atoms with van der Waals surface area (Å²) in [4.78, 5) is 26.2. The van der Waals surface area contributed by atoms with Gasteiger partial charge in [-0.3, -0.25) is 9.59 Å². The molecule has 0 radical (unpaired) electrons. The first kappa shape index (κ1) is 15.0. The summed E-state index contributed by atoms with van der Waals surface area (Å²) < 4.78 is 5.43. The quantitative estimate of drug-likeness (QED) is 0.905. The van der Waals surface area contributed by atoms with Crippen LogP contribution in [0, 0.1) is 25.2 Å². The number of amides is 1. The molecule has 2 heterocycles. The van der Waals surface area contributed by atoms with E-state index in [0.717, 1.165) is 11.1 Å². The number of hydrogen-bond donors (Lipinski definition) is 1. The average molecular weight is 303 g/mol. The zero-order valence-electron chi connectivity index (χ0n) is 13.0. The molecule has 0 aromatic heterocycles. The van der Waals surface area contributed by atoms with Crippen LogP contribution in [0.1, 0.15) is 27.9 Å². The Bertz CT molecular complexity index is 627. The maximum Gasteiger partial charge on any atom is 0.311 e. The van der Waals surface area contributed by atoms with Gasteiger partial charge in [0.25, 0.3) is 5.91 Å². The Morgan fingerprint density at radius 1 is 1.32 bits per heavy atom. The largest absolute Gasteiger partial charge is 0.481 e. The number of benzene rings is 1. The summed E-state index contributed by atoms with van der Waals surface area (Å²) in [5.41, 5.74) is 2.00. The van der Waals surface area contributed by atoms with Crippen LogP contribution in [0.25, 0.3) is 0 Å². The summed E-state index contributed by atoms with van der Waals surface area (Å²) in [7, 11) is 0. The van der Waals surface area contributed by atoms with Gasteiger partial charge in [0.05, 0.1) is 12.0 Å². The van der Waals surface area contributed by atoms with Crippen molar-refractivity contribution < 1.29 is 19.4 Å². The maximum atomic E-state index is 12.7. The van der Waals surface area contributed by atoms with E-state index < -0.39 is 11.4 Å². The molecule has 1 aromatic rings. The van der Waals surface area contributed by atoms with Crippen molar-refractivity contribution >= 4 is 11.9 Å². The minimum atomic E-state index is -0.840. The zero-order valence-corrected chi connectivity index (χ0v) is 13.0. The molecule has 1 N–H and O–H groups in total. The summed E-state index contributed by atoms with van der Waals surface area (Å²) >= 11 is 0. The molecule has 0 unspecified atom stereocenters. The molecule has 0 spiro atoms. The second kappa shape index (κ2) is 5.39. The Labute approximate surface area is 129 Å². The van der Waals surface area contributed by atoms with E-state index in [1.807, 2.05) is 32.0 Å². The lowest BCUT2D eigenvalue weighted by Gasteiger charge is -2.33. The maximum absolute atomic E-state index is 12.7. The lowest BCUT2D eigenvalue weighted by atomic mass is 9.74. The first-order valence-electron chi connectivity index (χ1n) is 7.62. The number of aryl methyl sites for hydroxylation is 2. The molecule has 2 aliphatic rings. The van der Waals surface area contributed by atoms with Gasteiger partial charge in [-0.05, 0) is 43.5 Å². The van der Waals surface area contributed by atoms with E-state index in [4.69, 9.17) is 4.74 Å². The monoisotopic (exact) mass is 303 g/mol. The van der Waals surface area contributed by atoms with Crippen molar-refractivity contribution in [3.8, 4) is 0 Å². The van der Waals surface area contributed by atoms with Gasteiger partial charge in [-0.25, -0.2) is 0 Å². The van der Waals surface area contributed by atoms with Crippen LogP contribution in [0.3, 0.4) is 0 Å². The van der Waals surface area contributed by atoms with Crippen LogP contribution in [0.15, 0.2) is 18.2 Å². The smallest absolute Gasteiger partial charge is 0.311 e. The van der Waals surface area contributed by atoms with Crippen molar-refractivity contribution in [1.29, 1.82) is 0 Å². The zero-order chi connectivity index (χ0) is 15.9. The fourth-order valence-corrected chi connectivity index (χ4v) is 3.51. The van der Waals surface area contributed by atoms with E-state index in [1.54, 1.807) is 4.90 Å². The lowest BCUT2D eigenvalue weighted by Crippen LogP contribution is -2.45. The van der Waals surface area contributed by atoms with Crippen LogP contribution >= 0.6 is 0 Å². The number of nitrogens with zero attached hydrogens (tertiary/aromatic N) is 1. The number of carbonyl (C=O) groups excluding carboxylic acids is 1. The van der Waals surface area contributed by atoms with Gasteiger partial charge in [0.15, 0.2) is 0 Å². The molecule has 1 aromatic carbocycles. The third kappa shape index (κ3) is 2.29.